The van der Waals surface area contributed by atoms with E-state index in [0.717, 1.165) is 11.4 Å². The second kappa shape index (κ2) is 4.76. The van der Waals surface area contributed by atoms with Crippen molar-refractivity contribution >= 4 is 0 Å². The molecule has 5 heteroatoms. The summed E-state index contributed by atoms with van der Waals surface area (Å²) in [5.74, 6) is 0.813. The van der Waals surface area contributed by atoms with E-state index in [4.69, 9.17) is 10.5 Å². The zero-order chi connectivity index (χ0) is 11.4. The van der Waals surface area contributed by atoms with Crippen molar-refractivity contribution in [1.29, 1.82) is 0 Å². The van der Waals surface area contributed by atoms with Gasteiger partial charge in [-0.3, -0.25) is 4.68 Å². The largest absolute Gasteiger partial charge is 0.492 e. The maximum absolute atomic E-state index is 5.96. The molecule has 0 fully saturated rings. The summed E-state index contributed by atoms with van der Waals surface area (Å²) in [5, 5.41) is 7.60. The van der Waals surface area contributed by atoms with Gasteiger partial charge in [-0.2, -0.15) is 0 Å². The third kappa shape index (κ3) is 2.38. The highest BCUT2D eigenvalue weighted by atomic mass is 16.5. The summed E-state index contributed by atoms with van der Waals surface area (Å²) < 4.78 is 7.20. The molecule has 84 valence electrons. The van der Waals surface area contributed by atoms with Crippen molar-refractivity contribution in [3.8, 4) is 5.75 Å². The summed E-state index contributed by atoms with van der Waals surface area (Å²) in [6.45, 7) is 0.408. The number of aromatic nitrogens is 3. The lowest BCUT2D eigenvalue weighted by molar-refractivity contribution is 0.285. The van der Waals surface area contributed by atoms with Crippen LogP contribution in [0.15, 0.2) is 36.5 Å². The van der Waals surface area contributed by atoms with Gasteiger partial charge in [0.15, 0.2) is 0 Å². The minimum Gasteiger partial charge on any atom is -0.492 e. The Hall–Kier alpha value is -1.88. The third-order valence-electron chi connectivity index (χ3n) is 2.30. The molecular weight excluding hydrogens is 204 g/mol. The number of nitrogens with zero attached hydrogens (tertiary/aromatic N) is 3. The van der Waals surface area contributed by atoms with Crippen molar-refractivity contribution in [2.75, 3.05) is 6.61 Å². The predicted octanol–water partition coefficient (Wildman–Crippen LogP) is 0.894. The maximum Gasteiger partial charge on any atom is 0.119 e. The molecule has 0 aliphatic rings. The summed E-state index contributed by atoms with van der Waals surface area (Å²) >= 11 is 0. The van der Waals surface area contributed by atoms with Crippen LogP contribution >= 0.6 is 0 Å². The molecular formula is C11H14N4O. The molecule has 2 N–H and O–H groups in total. The van der Waals surface area contributed by atoms with Crippen LogP contribution in [0, 0.1) is 0 Å². The Labute approximate surface area is 93.8 Å². The maximum atomic E-state index is 5.96. The Balaban J connectivity index is 1.94. The van der Waals surface area contributed by atoms with Gasteiger partial charge in [-0.1, -0.05) is 23.4 Å². The molecule has 0 saturated heterocycles. The topological polar surface area (TPSA) is 66.0 Å². The molecule has 1 aromatic heterocycles. The second-order valence-electron chi connectivity index (χ2n) is 3.51. The van der Waals surface area contributed by atoms with Crippen LogP contribution in [-0.4, -0.2) is 21.6 Å². The number of para-hydroxylation sites is 1. The third-order valence-corrected chi connectivity index (χ3v) is 2.30. The monoisotopic (exact) mass is 218 g/mol. The molecule has 1 atom stereocenters. The number of hydrogen-bond donors (Lipinski definition) is 1. The van der Waals surface area contributed by atoms with Gasteiger partial charge in [-0.05, 0) is 12.1 Å². The number of aryl methyl sites for hydroxylation is 1. The fraction of sp³-hybridized carbons (Fsp3) is 0.273. The van der Waals surface area contributed by atoms with Crippen LogP contribution in [0.4, 0.5) is 0 Å². The van der Waals surface area contributed by atoms with Gasteiger partial charge >= 0.3 is 0 Å². The van der Waals surface area contributed by atoms with Crippen molar-refractivity contribution in [3.05, 3.63) is 42.2 Å². The average molecular weight is 218 g/mol. The second-order valence-corrected chi connectivity index (χ2v) is 3.51. The Morgan fingerprint density at radius 3 is 2.75 bits per heavy atom. The summed E-state index contributed by atoms with van der Waals surface area (Å²) in [6.07, 6.45) is 1.65. The Morgan fingerprint density at radius 1 is 1.38 bits per heavy atom. The van der Waals surface area contributed by atoms with Crippen LogP contribution in [-0.2, 0) is 7.05 Å². The first-order chi connectivity index (χ1) is 7.77. The van der Waals surface area contributed by atoms with Gasteiger partial charge in [0.25, 0.3) is 0 Å². The molecule has 2 aromatic rings. The van der Waals surface area contributed by atoms with Crippen LogP contribution in [0.2, 0.25) is 0 Å². The van der Waals surface area contributed by atoms with E-state index in [2.05, 4.69) is 10.3 Å². The average Bonchev–Trinajstić information content (AvgIpc) is 2.74. The van der Waals surface area contributed by atoms with Crippen molar-refractivity contribution < 1.29 is 4.74 Å². The lowest BCUT2D eigenvalue weighted by atomic mass is 10.2. The molecule has 0 aliphatic heterocycles. The molecule has 0 aliphatic carbocycles. The van der Waals surface area contributed by atoms with Gasteiger partial charge < -0.3 is 10.5 Å². The van der Waals surface area contributed by atoms with Gasteiger partial charge in [0, 0.05) is 7.05 Å². The van der Waals surface area contributed by atoms with E-state index in [1.807, 2.05) is 37.4 Å². The number of hydrogen-bond acceptors (Lipinski definition) is 4. The molecule has 0 saturated carbocycles. The van der Waals surface area contributed by atoms with Crippen LogP contribution in [0.3, 0.4) is 0 Å². The van der Waals surface area contributed by atoms with Crippen molar-refractivity contribution in [1.82, 2.24) is 15.0 Å². The molecule has 0 amide bonds. The lowest BCUT2D eigenvalue weighted by Gasteiger charge is -2.12. The molecule has 0 bridgehead atoms. The lowest BCUT2D eigenvalue weighted by Crippen LogP contribution is -2.21. The van der Waals surface area contributed by atoms with Crippen molar-refractivity contribution in [2.45, 2.75) is 6.04 Å². The molecule has 1 heterocycles. The molecule has 1 unspecified atom stereocenters. The number of nitrogens with two attached hydrogens (primary N) is 1. The quantitative estimate of drug-likeness (QED) is 0.827. The van der Waals surface area contributed by atoms with E-state index < -0.39 is 0 Å². The summed E-state index contributed by atoms with van der Waals surface area (Å²) in [7, 11) is 1.81. The molecule has 1 aromatic carbocycles. The first-order valence-electron chi connectivity index (χ1n) is 5.05. The van der Waals surface area contributed by atoms with Gasteiger partial charge in [0.2, 0.25) is 0 Å². The van der Waals surface area contributed by atoms with E-state index in [1.54, 1.807) is 10.9 Å². The highest BCUT2D eigenvalue weighted by Gasteiger charge is 2.11. The van der Waals surface area contributed by atoms with Crippen LogP contribution in [0.5, 0.6) is 5.75 Å². The van der Waals surface area contributed by atoms with Gasteiger partial charge in [0.05, 0.1) is 17.9 Å². The van der Waals surface area contributed by atoms with Crippen LogP contribution < -0.4 is 10.5 Å². The first kappa shape index (κ1) is 10.6. The van der Waals surface area contributed by atoms with Gasteiger partial charge in [0.1, 0.15) is 12.4 Å². The highest BCUT2D eigenvalue weighted by Crippen LogP contribution is 2.12. The number of ether oxygens (including phenoxy) is 1. The predicted molar refractivity (Wildman–Crippen MR) is 59.9 cm³/mol. The highest BCUT2D eigenvalue weighted by molar-refractivity contribution is 5.21. The van der Waals surface area contributed by atoms with Gasteiger partial charge in [-0.15, -0.1) is 5.10 Å². The minimum absolute atomic E-state index is 0.222. The van der Waals surface area contributed by atoms with Crippen LogP contribution in [0.1, 0.15) is 11.7 Å². The van der Waals surface area contributed by atoms with Gasteiger partial charge in [-0.25, -0.2) is 0 Å². The Bertz CT molecular complexity index is 440. The first-order valence-corrected chi connectivity index (χ1v) is 5.05. The molecule has 5 nitrogen and oxygen atoms in total. The fourth-order valence-corrected chi connectivity index (χ4v) is 1.42. The number of benzene rings is 1. The van der Waals surface area contributed by atoms with E-state index in [9.17, 15) is 0 Å². The Morgan fingerprint density at radius 2 is 2.12 bits per heavy atom. The zero-order valence-corrected chi connectivity index (χ0v) is 9.08. The molecule has 0 radical (unpaired) electrons. The van der Waals surface area contributed by atoms with E-state index in [0.29, 0.717) is 6.61 Å². The van der Waals surface area contributed by atoms with Crippen LogP contribution in [0.25, 0.3) is 0 Å². The molecule has 16 heavy (non-hydrogen) atoms. The van der Waals surface area contributed by atoms with Crippen molar-refractivity contribution in [2.24, 2.45) is 12.8 Å². The summed E-state index contributed by atoms with van der Waals surface area (Å²) in [4.78, 5) is 0. The summed E-state index contributed by atoms with van der Waals surface area (Å²) in [6, 6.07) is 9.36. The molecule has 0 spiro atoms. The fourth-order valence-electron chi connectivity index (χ4n) is 1.42. The van der Waals surface area contributed by atoms with E-state index in [1.165, 1.54) is 0 Å². The smallest absolute Gasteiger partial charge is 0.119 e. The minimum atomic E-state index is -0.222. The normalized spacial score (nSPS) is 12.4. The standard InChI is InChI=1S/C11H14N4O/c1-15-11(7-13-14-15)10(12)8-16-9-5-3-2-4-6-9/h2-7,10H,8,12H2,1H3. The zero-order valence-electron chi connectivity index (χ0n) is 9.08. The molecule has 2 rings (SSSR count). The Kier molecular flexibility index (Phi) is 3.16. The van der Waals surface area contributed by atoms with E-state index in [-0.39, 0.29) is 6.04 Å². The van der Waals surface area contributed by atoms with E-state index >= 15 is 0 Å². The van der Waals surface area contributed by atoms with Crippen molar-refractivity contribution in [3.63, 3.8) is 0 Å². The SMILES string of the molecule is Cn1nncc1C(N)COc1ccccc1. The number of rotatable bonds is 4. The summed E-state index contributed by atoms with van der Waals surface area (Å²) in [5.41, 5.74) is 6.82.